The highest BCUT2D eigenvalue weighted by atomic mass is 32.2. The zero-order chi connectivity index (χ0) is 14.0. The van der Waals surface area contributed by atoms with Gasteiger partial charge < -0.3 is 5.32 Å². The number of carbonyl (C=O) groups excluding carboxylic acids is 1. The number of anilines is 1. The molecule has 2 rings (SSSR count). The Balaban J connectivity index is 2.03. The Hall–Kier alpha value is -1.01. The standard InChI is InChI=1S/C13H22N4OS/c1-9-12(10(2)16(4)15-9)14-13(18)11(3)17-5-7-19-8-6-17/h11H,5-8H2,1-4H3,(H,14,18). The molecule has 0 aromatic carbocycles. The van der Waals surface area contributed by atoms with Crippen LogP contribution in [0.5, 0.6) is 0 Å². The normalized spacial score (nSPS) is 18.3. The maximum atomic E-state index is 12.3. The number of aromatic nitrogens is 2. The fourth-order valence-corrected chi connectivity index (χ4v) is 3.24. The Morgan fingerprint density at radius 1 is 1.37 bits per heavy atom. The van der Waals surface area contributed by atoms with Gasteiger partial charge in [-0.05, 0) is 20.8 Å². The van der Waals surface area contributed by atoms with Crippen LogP contribution < -0.4 is 5.32 Å². The molecule has 1 aliphatic heterocycles. The van der Waals surface area contributed by atoms with Crippen molar-refractivity contribution >= 4 is 23.4 Å². The molecule has 2 heterocycles. The molecule has 1 amide bonds. The van der Waals surface area contributed by atoms with E-state index in [1.807, 2.05) is 39.6 Å². The third-order valence-electron chi connectivity index (χ3n) is 3.73. The lowest BCUT2D eigenvalue weighted by Crippen LogP contribution is -2.46. The molecule has 1 aromatic rings. The highest BCUT2D eigenvalue weighted by Crippen LogP contribution is 2.19. The lowest BCUT2D eigenvalue weighted by atomic mass is 10.2. The van der Waals surface area contributed by atoms with Crippen LogP contribution in [0, 0.1) is 13.8 Å². The molecule has 1 N–H and O–H groups in total. The third-order valence-corrected chi connectivity index (χ3v) is 4.67. The van der Waals surface area contributed by atoms with Crippen molar-refractivity contribution < 1.29 is 4.79 Å². The van der Waals surface area contributed by atoms with E-state index >= 15 is 0 Å². The van der Waals surface area contributed by atoms with E-state index in [9.17, 15) is 4.79 Å². The smallest absolute Gasteiger partial charge is 0.241 e. The van der Waals surface area contributed by atoms with E-state index in [0.29, 0.717) is 0 Å². The van der Waals surface area contributed by atoms with Gasteiger partial charge in [0.1, 0.15) is 0 Å². The highest BCUT2D eigenvalue weighted by Gasteiger charge is 2.24. The zero-order valence-electron chi connectivity index (χ0n) is 12.1. The number of rotatable bonds is 3. The number of hydrogen-bond acceptors (Lipinski definition) is 4. The molecule has 0 saturated carbocycles. The van der Waals surface area contributed by atoms with Crippen molar-refractivity contribution in [2.45, 2.75) is 26.8 Å². The van der Waals surface area contributed by atoms with Crippen LogP contribution in [0.15, 0.2) is 0 Å². The number of amides is 1. The van der Waals surface area contributed by atoms with Crippen LogP contribution in [0.2, 0.25) is 0 Å². The van der Waals surface area contributed by atoms with Crippen LogP contribution >= 0.6 is 11.8 Å². The van der Waals surface area contributed by atoms with Gasteiger partial charge in [0.05, 0.1) is 23.1 Å². The Morgan fingerprint density at radius 3 is 2.53 bits per heavy atom. The molecule has 6 heteroatoms. The molecule has 1 atom stereocenters. The van der Waals surface area contributed by atoms with Gasteiger partial charge in [0.15, 0.2) is 0 Å². The number of carbonyl (C=O) groups is 1. The van der Waals surface area contributed by atoms with E-state index < -0.39 is 0 Å². The first kappa shape index (κ1) is 14.4. The van der Waals surface area contributed by atoms with Gasteiger partial charge in [0.2, 0.25) is 5.91 Å². The number of aryl methyl sites for hydroxylation is 2. The second-order valence-electron chi connectivity index (χ2n) is 4.98. The largest absolute Gasteiger partial charge is 0.322 e. The fraction of sp³-hybridized carbons (Fsp3) is 0.692. The van der Waals surface area contributed by atoms with Crippen LogP contribution in [0.25, 0.3) is 0 Å². The van der Waals surface area contributed by atoms with E-state index in [4.69, 9.17) is 0 Å². The predicted octanol–water partition coefficient (Wildman–Crippen LogP) is 1.41. The molecule has 1 aliphatic rings. The summed E-state index contributed by atoms with van der Waals surface area (Å²) in [6.07, 6.45) is 0. The van der Waals surface area contributed by atoms with Crippen molar-refractivity contribution in [3.8, 4) is 0 Å². The van der Waals surface area contributed by atoms with Crippen molar-refractivity contribution in [1.82, 2.24) is 14.7 Å². The molecule has 19 heavy (non-hydrogen) atoms. The number of thioether (sulfide) groups is 1. The van der Waals surface area contributed by atoms with E-state index in [0.717, 1.165) is 41.7 Å². The van der Waals surface area contributed by atoms with Crippen LogP contribution in [-0.2, 0) is 11.8 Å². The van der Waals surface area contributed by atoms with E-state index in [1.165, 1.54) is 0 Å². The average molecular weight is 282 g/mol. The molecule has 5 nitrogen and oxygen atoms in total. The van der Waals surface area contributed by atoms with Crippen molar-refractivity contribution in [3.63, 3.8) is 0 Å². The van der Waals surface area contributed by atoms with E-state index in [-0.39, 0.29) is 11.9 Å². The highest BCUT2D eigenvalue weighted by molar-refractivity contribution is 7.99. The summed E-state index contributed by atoms with van der Waals surface area (Å²) in [6.45, 7) is 7.85. The molecule has 106 valence electrons. The van der Waals surface area contributed by atoms with Gasteiger partial charge >= 0.3 is 0 Å². The van der Waals surface area contributed by atoms with Crippen LogP contribution in [0.3, 0.4) is 0 Å². The number of hydrogen-bond donors (Lipinski definition) is 1. The summed E-state index contributed by atoms with van der Waals surface area (Å²) in [6, 6.07) is -0.0834. The molecule has 1 fully saturated rings. The van der Waals surface area contributed by atoms with Gasteiger partial charge in [-0.1, -0.05) is 0 Å². The first-order chi connectivity index (χ1) is 9.00. The molecule has 0 aliphatic carbocycles. The summed E-state index contributed by atoms with van der Waals surface area (Å²) in [4.78, 5) is 14.6. The third kappa shape index (κ3) is 3.12. The minimum absolute atomic E-state index is 0.0612. The first-order valence-corrected chi connectivity index (χ1v) is 7.79. The summed E-state index contributed by atoms with van der Waals surface area (Å²) < 4.78 is 1.80. The fourth-order valence-electron chi connectivity index (χ4n) is 2.31. The van der Waals surface area contributed by atoms with Gasteiger partial charge in [0.25, 0.3) is 0 Å². The maximum absolute atomic E-state index is 12.3. The Morgan fingerprint density at radius 2 is 2.00 bits per heavy atom. The molecule has 1 saturated heterocycles. The van der Waals surface area contributed by atoms with E-state index in [1.54, 1.807) is 4.68 Å². The maximum Gasteiger partial charge on any atom is 0.241 e. The number of nitrogens with one attached hydrogen (secondary N) is 1. The molecular weight excluding hydrogens is 260 g/mol. The summed E-state index contributed by atoms with van der Waals surface area (Å²) in [5.41, 5.74) is 2.72. The minimum atomic E-state index is -0.0834. The van der Waals surface area contributed by atoms with Crippen LogP contribution in [0.1, 0.15) is 18.3 Å². The predicted molar refractivity (Wildman–Crippen MR) is 79.7 cm³/mol. The summed E-state index contributed by atoms with van der Waals surface area (Å²) in [5.74, 6) is 2.29. The van der Waals surface area contributed by atoms with Crippen molar-refractivity contribution in [2.75, 3.05) is 29.9 Å². The molecular formula is C13H22N4OS. The molecule has 0 radical (unpaired) electrons. The monoisotopic (exact) mass is 282 g/mol. The Bertz CT molecular complexity index is 465. The van der Waals surface area contributed by atoms with Gasteiger partial charge in [-0.2, -0.15) is 16.9 Å². The second-order valence-corrected chi connectivity index (χ2v) is 6.21. The summed E-state index contributed by atoms with van der Waals surface area (Å²) in [5, 5.41) is 7.35. The van der Waals surface area contributed by atoms with E-state index in [2.05, 4.69) is 15.3 Å². The minimum Gasteiger partial charge on any atom is -0.322 e. The van der Waals surface area contributed by atoms with Gasteiger partial charge in [-0.25, -0.2) is 0 Å². The lowest BCUT2D eigenvalue weighted by Gasteiger charge is -2.31. The van der Waals surface area contributed by atoms with Crippen LogP contribution in [-0.4, -0.2) is 51.2 Å². The quantitative estimate of drug-likeness (QED) is 0.911. The zero-order valence-corrected chi connectivity index (χ0v) is 12.9. The van der Waals surface area contributed by atoms with Crippen LogP contribution in [0.4, 0.5) is 5.69 Å². The number of nitrogens with zero attached hydrogens (tertiary/aromatic N) is 3. The van der Waals surface area contributed by atoms with Crippen molar-refractivity contribution in [1.29, 1.82) is 0 Å². The Labute approximate surface area is 118 Å². The molecule has 0 bridgehead atoms. The van der Waals surface area contributed by atoms with Crippen molar-refractivity contribution in [2.24, 2.45) is 7.05 Å². The molecule has 0 spiro atoms. The van der Waals surface area contributed by atoms with Gasteiger partial charge in [-0.15, -0.1) is 0 Å². The summed E-state index contributed by atoms with van der Waals surface area (Å²) >= 11 is 1.95. The topological polar surface area (TPSA) is 50.2 Å². The summed E-state index contributed by atoms with van der Waals surface area (Å²) in [7, 11) is 1.89. The van der Waals surface area contributed by atoms with Gasteiger partial charge in [-0.3, -0.25) is 14.4 Å². The first-order valence-electron chi connectivity index (χ1n) is 6.63. The Kier molecular flexibility index (Phi) is 4.52. The second kappa shape index (κ2) is 5.96. The van der Waals surface area contributed by atoms with Crippen molar-refractivity contribution in [3.05, 3.63) is 11.4 Å². The SMILES string of the molecule is Cc1nn(C)c(C)c1NC(=O)C(C)N1CCSCC1. The molecule has 1 unspecified atom stereocenters. The average Bonchev–Trinajstić information content (AvgIpc) is 2.65. The molecule has 1 aromatic heterocycles. The van der Waals surface area contributed by atoms with Gasteiger partial charge in [0, 0.05) is 31.6 Å². The lowest BCUT2D eigenvalue weighted by molar-refractivity contribution is -0.120.